The fourth-order valence-corrected chi connectivity index (χ4v) is 3.37. The Balaban J connectivity index is 1.45. The van der Waals surface area contributed by atoms with Crippen molar-refractivity contribution in [2.75, 3.05) is 0 Å². The zero-order valence-corrected chi connectivity index (χ0v) is 16.7. The SMILES string of the molecule is CC(C)n1cnc(-c2ccc(CC(C)n3cc(-c4ccccc4)cn3)cc2)c1. The van der Waals surface area contributed by atoms with Crippen LogP contribution in [0.5, 0.6) is 0 Å². The molecule has 4 nitrogen and oxygen atoms in total. The molecule has 0 aliphatic heterocycles. The maximum Gasteiger partial charge on any atom is 0.0956 e. The zero-order valence-electron chi connectivity index (χ0n) is 16.7. The van der Waals surface area contributed by atoms with E-state index in [0.29, 0.717) is 12.1 Å². The monoisotopic (exact) mass is 370 g/mol. The van der Waals surface area contributed by atoms with Crippen LogP contribution in [0.25, 0.3) is 22.4 Å². The highest BCUT2D eigenvalue weighted by Gasteiger charge is 2.10. The molecule has 2 aromatic heterocycles. The molecule has 0 N–H and O–H groups in total. The Hall–Kier alpha value is -3.14. The Labute approximate surface area is 166 Å². The standard InChI is InChI=1S/C24H26N4/c1-18(2)27-16-24(25-17-27)22-11-9-20(10-12-22)13-19(3)28-15-23(14-26-28)21-7-5-4-6-8-21/h4-12,14-19H,13H2,1-3H3. The van der Waals surface area contributed by atoms with Crippen molar-refractivity contribution in [3.05, 3.63) is 85.1 Å². The second kappa shape index (κ2) is 7.85. The highest BCUT2D eigenvalue weighted by atomic mass is 15.3. The van der Waals surface area contributed by atoms with Crippen LogP contribution < -0.4 is 0 Å². The minimum Gasteiger partial charge on any atom is -0.334 e. The van der Waals surface area contributed by atoms with Gasteiger partial charge in [-0.2, -0.15) is 5.10 Å². The number of aromatic nitrogens is 4. The summed E-state index contributed by atoms with van der Waals surface area (Å²) in [5, 5.41) is 4.58. The highest BCUT2D eigenvalue weighted by Crippen LogP contribution is 2.23. The van der Waals surface area contributed by atoms with Crippen LogP contribution in [0.1, 0.15) is 38.4 Å². The van der Waals surface area contributed by atoms with E-state index in [2.05, 4.69) is 101 Å². The van der Waals surface area contributed by atoms with Gasteiger partial charge in [0.25, 0.3) is 0 Å². The first-order valence-corrected chi connectivity index (χ1v) is 9.82. The fourth-order valence-electron chi connectivity index (χ4n) is 3.37. The van der Waals surface area contributed by atoms with Crippen LogP contribution in [0.2, 0.25) is 0 Å². The number of benzene rings is 2. The van der Waals surface area contributed by atoms with Crippen molar-refractivity contribution in [1.29, 1.82) is 0 Å². The first-order chi connectivity index (χ1) is 13.6. The summed E-state index contributed by atoms with van der Waals surface area (Å²) in [5.41, 5.74) is 5.83. The summed E-state index contributed by atoms with van der Waals surface area (Å²) in [5.74, 6) is 0. The Morgan fingerprint density at radius 2 is 1.57 bits per heavy atom. The maximum absolute atomic E-state index is 4.58. The van der Waals surface area contributed by atoms with E-state index < -0.39 is 0 Å². The predicted octanol–water partition coefficient (Wildman–Crippen LogP) is 5.80. The number of imidazole rings is 1. The van der Waals surface area contributed by atoms with Crippen LogP contribution in [0.15, 0.2) is 79.5 Å². The van der Waals surface area contributed by atoms with Crippen LogP contribution >= 0.6 is 0 Å². The molecule has 2 heterocycles. The average molecular weight is 370 g/mol. The third kappa shape index (κ3) is 3.91. The summed E-state index contributed by atoms with van der Waals surface area (Å²) >= 11 is 0. The second-order valence-electron chi connectivity index (χ2n) is 7.62. The molecule has 0 aliphatic rings. The molecule has 0 aliphatic carbocycles. The lowest BCUT2D eigenvalue weighted by Crippen LogP contribution is -2.08. The van der Waals surface area contributed by atoms with Crippen LogP contribution in [0.3, 0.4) is 0 Å². The lowest BCUT2D eigenvalue weighted by molar-refractivity contribution is 0.489. The van der Waals surface area contributed by atoms with E-state index in [0.717, 1.165) is 23.2 Å². The number of hydrogen-bond acceptors (Lipinski definition) is 2. The van der Waals surface area contributed by atoms with Gasteiger partial charge >= 0.3 is 0 Å². The van der Waals surface area contributed by atoms with Gasteiger partial charge in [-0.15, -0.1) is 0 Å². The second-order valence-corrected chi connectivity index (χ2v) is 7.62. The van der Waals surface area contributed by atoms with Crippen molar-refractivity contribution >= 4 is 0 Å². The van der Waals surface area contributed by atoms with Crippen LogP contribution in [0, 0.1) is 0 Å². The molecule has 0 fully saturated rings. The predicted molar refractivity (Wildman–Crippen MR) is 114 cm³/mol. The molecule has 4 rings (SSSR count). The Bertz CT molecular complexity index is 1030. The molecule has 0 amide bonds. The van der Waals surface area contributed by atoms with Gasteiger partial charge in [-0.05, 0) is 38.3 Å². The molecule has 0 saturated heterocycles. The molecular formula is C24H26N4. The first-order valence-electron chi connectivity index (χ1n) is 9.82. The summed E-state index contributed by atoms with van der Waals surface area (Å²) in [6.07, 6.45) is 9.03. The van der Waals surface area contributed by atoms with Crippen LogP contribution in [-0.4, -0.2) is 19.3 Å². The molecule has 4 aromatic rings. The normalized spacial score (nSPS) is 12.4. The third-order valence-corrected chi connectivity index (χ3v) is 5.14. The van der Waals surface area contributed by atoms with Gasteiger partial charge in [0, 0.05) is 29.6 Å². The maximum atomic E-state index is 4.58. The first kappa shape index (κ1) is 18.2. The largest absolute Gasteiger partial charge is 0.334 e. The van der Waals surface area contributed by atoms with Gasteiger partial charge in [0.05, 0.1) is 24.3 Å². The summed E-state index contributed by atoms with van der Waals surface area (Å²) in [4.78, 5) is 4.53. The van der Waals surface area contributed by atoms with Crippen molar-refractivity contribution in [2.24, 2.45) is 0 Å². The van der Waals surface area contributed by atoms with Gasteiger partial charge in [0.15, 0.2) is 0 Å². The number of hydrogen-bond donors (Lipinski definition) is 0. The molecule has 4 heteroatoms. The van der Waals surface area contributed by atoms with Crippen molar-refractivity contribution < 1.29 is 0 Å². The van der Waals surface area contributed by atoms with E-state index in [1.54, 1.807) is 0 Å². The molecule has 28 heavy (non-hydrogen) atoms. The molecule has 0 saturated carbocycles. The number of nitrogens with zero attached hydrogens (tertiary/aromatic N) is 4. The van der Waals surface area contributed by atoms with Crippen molar-refractivity contribution in [2.45, 2.75) is 39.3 Å². The van der Waals surface area contributed by atoms with Crippen molar-refractivity contribution in [3.63, 3.8) is 0 Å². The van der Waals surface area contributed by atoms with Crippen LogP contribution in [0.4, 0.5) is 0 Å². The van der Waals surface area contributed by atoms with E-state index in [1.165, 1.54) is 11.1 Å². The lowest BCUT2D eigenvalue weighted by Gasteiger charge is -2.12. The van der Waals surface area contributed by atoms with E-state index in [9.17, 15) is 0 Å². The Morgan fingerprint density at radius 3 is 2.25 bits per heavy atom. The van der Waals surface area contributed by atoms with E-state index >= 15 is 0 Å². The van der Waals surface area contributed by atoms with Gasteiger partial charge in [-0.1, -0.05) is 54.6 Å². The van der Waals surface area contributed by atoms with Gasteiger partial charge in [0.2, 0.25) is 0 Å². The molecule has 0 spiro atoms. The van der Waals surface area contributed by atoms with E-state index in [-0.39, 0.29) is 0 Å². The molecule has 142 valence electrons. The Morgan fingerprint density at radius 1 is 0.821 bits per heavy atom. The zero-order chi connectivity index (χ0) is 19.5. The molecule has 1 unspecified atom stereocenters. The van der Waals surface area contributed by atoms with Gasteiger partial charge in [-0.25, -0.2) is 4.98 Å². The topological polar surface area (TPSA) is 35.6 Å². The lowest BCUT2D eigenvalue weighted by atomic mass is 10.0. The van der Waals surface area contributed by atoms with Crippen LogP contribution in [-0.2, 0) is 6.42 Å². The van der Waals surface area contributed by atoms with Crippen molar-refractivity contribution in [1.82, 2.24) is 19.3 Å². The van der Waals surface area contributed by atoms with Gasteiger partial charge in [-0.3, -0.25) is 4.68 Å². The highest BCUT2D eigenvalue weighted by molar-refractivity contribution is 5.61. The van der Waals surface area contributed by atoms with Crippen molar-refractivity contribution in [3.8, 4) is 22.4 Å². The average Bonchev–Trinajstić information content (AvgIpc) is 3.39. The van der Waals surface area contributed by atoms with Gasteiger partial charge < -0.3 is 4.57 Å². The number of rotatable bonds is 6. The third-order valence-electron chi connectivity index (χ3n) is 5.14. The fraction of sp³-hybridized carbons (Fsp3) is 0.250. The molecule has 1 atom stereocenters. The quantitative estimate of drug-likeness (QED) is 0.430. The van der Waals surface area contributed by atoms with Gasteiger partial charge in [0.1, 0.15) is 0 Å². The van der Waals surface area contributed by atoms with E-state index in [1.807, 2.05) is 18.6 Å². The van der Waals surface area contributed by atoms with E-state index in [4.69, 9.17) is 0 Å². The molecule has 2 aromatic carbocycles. The molecule has 0 bridgehead atoms. The molecular weight excluding hydrogens is 344 g/mol. The molecule has 0 radical (unpaired) electrons. The summed E-state index contributed by atoms with van der Waals surface area (Å²) in [6, 6.07) is 19.8. The Kier molecular flexibility index (Phi) is 5.11. The minimum atomic E-state index is 0.295. The summed E-state index contributed by atoms with van der Waals surface area (Å²) in [6.45, 7) is 6.53. The smallest absolute Gasteiger partial charge is 0.0956 e. The summed E-state index contributed by atoms with van der Waals surface area (Å²) < 4.78 is 4.19. The minimum absolute atomic E-state index is 0.295. The summed E-state index contributed by atoms with van der Waals surface area (Å²) in [7, 11) is 0.